The van der Waals surface area contributed by atoms with Gasteiger partial charge >= 0.3 is 6.09 Å². The molecule has 0 spiro atoms. The summed E-state index contributed by atoms with van der Waals surface area (Å²) in [7, 11) is 6.53. The minimum atomic E-state index is -2.81. The molecule has 0 bridgehead atoms. The summed E-state index contributed by atoms with van der Waals surface area (Å²) < 4.78 is 6.06. The summed E-state index contributed by atoms with van der Waals surface area (Å²) in [6.45, 7) is -0.234. The molecule has 3 aliphatic rings. The highest BCUT2D eigenvalue weighted by Gasteiger charge is 2.69. The number of hydrogen-bond acceptors (Lipinski definition) is 11. The van der Waals surface area contributed by atoms with Crippen LogP contribution in [0.25, 0.3) is 0 Å². The molecule has 2 fully saturated rings. The standard InChI is InChI=1S/C31H33BrN4O9/c1-35(2)19-11-14(12-34-30(43)45-16-7-5-15(32)6-8-16)24(37)21-17(19)9-13-10-18-23(36(3)4)26(39)22(29(33)42)28(41)31(18,44)27(40)20(13)25(21)38/h5-8,11,13,18,20,22-23,37,44H,9-10,12H2,1-4H3,(H2,33,42)(H,34,43)/t13-,18-,20?,22?,23-,31-/m1/s1. The summed E-state index contributed by atoms with van der Waals surface area (Å²) in [6.07, 6.45) is -0.748. The number of benzene rings is 2. The van der Waals surface area contributed by atoms with Crippen LogP contribution in [0, 0.1) is 23.7 Å². The molecule has 0 saturated heterocycles. The molecule has 2 saturated carbocycles. The number of ether oxygens (including phenoxy) is 1. The molecule has 14 heteroatoms. The smallest absolute Gasteiger partial charge is 0.412 e. The number of likely N-dealkylation sites (N-methyl/N-ethyl adjacent to an activating group) is 1. The Morgan fingerprint density at radius 1 is 1.09 bits per heavy atom. The predicted octanol–water partition coefficient (Wildman–Crippen LogP) is 0.984. The molecule has 0 aliphatic heterocycles. The molecule has 2 aromatic carbocycles. The van der Waals surface area contributed by atoms with Gasteiger partial charge in [-0.25, -0.2) is 4.79 Å². The number of primary amides is 1. The third kappa shape index (κ3) is 5.20. The number of amides is 2. The summed E-state index contributed by atoms with van der Waals surface area (Å²) in [5.41, 5.74) is 3.57. The van der Waals surface area contributed by atoms with E-state index in [-0.39, 0.29) is 36.3 Å². The molecule has 0 heterocycles. The molecule has 5 N–H and O–H groups in total. The molecule has 5 rings (SSSR count). The highest BCUT2D eigenvalue weighted by molar-refractivity contribution is 9.10. The quantitative estimate of drug-likeness (QED) is 0.317. The van der Waals surface area contributed by atoms with E-state index in [1.54, 1.807) is 49.3 Å². The predicted molar refractivity (Wildman–Crippen MR) is 163 cm³/mol. The van der Waals surface area contributed by atoms with Gasteiger partial charge in [0.15, 0.2) is 34.7 Å². The van der Waals surface area contributed by atoms with Crippen LogP contribution < -0.4 is 20.7 Å². The molecule has 2 amide bonds. The number of phenols is 1. The fourth-order valence-electron chi connectivity index (χ4n) is 7.05. The van der Waals surface area contributed by atoms with Crippen LogP contribution in [-0.4, -0.2) is 90.1 Å². The van der Waals surface area contributed by atoms with Gasteiger partial charge in [-0.3, -0.25) is 28.9 Å². The second-order valence-corrected chi connectivity index (χ2v) is 13.1. The highest BCUT2D eigenvalue weighted by atomic mass is 79.9. The monoisotopic (exact) mass is 684 g/mol. The van der Waals surface area contributed by atoms with E-state index in [1.165, 1.54) is 19.0 Å². The first-order valence-electron chi connectivity index (χ1n) is 14.2. The molecular weight excluding hydrogens is 652 g/mol. The molecular formula is C31H33BrN4O9. The Morgan fingerprint density at radius 3 is 2.31 bits per heavy atom. The number of fused-ring (bicyclic) bond motifs is 3. The van der Waals surface area contributed by atoms with Gasteiger partial charge in [-0.2, -0.15) is 0 Å². The van der Waals surface area contributed by atoms with Gasteiger partial charge in [-0.1, -0.05) is 15.9 Å². The van der Waals surface area contributed by atoms with Crippen molar-refractivity contribution < 1.29 is 43.7 Å². The van der Waals surface area contributed by atoms with E-state index in [4.69, 9.17) is 10.5 Å². The van der Waals surface area contributed by atoms with Crippen LogP contribution in [0.15, 0.2) is 34.8 Å². The fourth-order valence-corrected chi connectivity index (χ4v) is 7.32. The van der Waals surface area contributed by atoms with Crippen molar-refractivity contribution in [2.45, 2.75) is 31.0 Å². The number of Topliss-reactive ketones (excluding diaryl/α,β-unsaturated/α-hetero) is 4. The number of aromatic hydroxyl groups is 1. The van der Waals surface area contributed by atoms with E-state index < -0.39 is 76.2 Å². The molecule has 3 aliphatic carbocycles. The zero-order chi connectivity index (χ0) is 33.1. The molecule has 6 atom stereocenters. The van der Waals surface area contributed by atoms with Crippen molar-refractivity contribution in [3.63, 3.8) is 0 Å². The maximum absolute atomic E-state index is 14.1. The second kappa shape index (κ2) is 11.7. The van der Waals surface area contributed by atoms with Crippen LogP contribution in [0.4, 0.5) is 10.5 Å². The number of hydrogen-bond donors (Lipinski definition) is 4. The first-order valence-corrected chi connectivity index (χ1v) is 15.0. The highest BCUT2D eigenvalue weighted by Crippen LogP contribution is 2.52. The minimum absolute atomic E-state index is 0.0528. The Labute approximate surface area is 266 Å². The van der Waals surface area contributed by atoms with Crippen molar-refractivity contribution in [1.82, 2.24) is 10.2 Å². The van der Waals surface area contributed by atoms with Gasteiger partial charge in [0, 0.05) is 42.3 Å². The topological polar surface area (TPSA) is 197 Å². The largest absolute Gasteiger partial charge is 0.507 e. The first kappa shape index (κ1) is 32.3. The van der Waals surface area contributed by atoms with Crippen molar-refractivity contribution in [1.29, 1.82) is 0 Å². The molecule has 0 aromatic heterocycles. The zero-order valence-corrected chi connectivity index (χ0v) is 26.6. The van der Waals surface area contributed by atoms with E-state index in [2.05, 4.69) is 21.2 Å². The summed E-state index contributed by atoms with van der Waals surface area (Å²) in [6, 6.07) is 6.99. The minimum Gasteiger partial charge on any atom is -0.507 e. The number of nitrogens with one attached hydrogen (secondary N) is 1. The average Bonchev–Trinajstić information content (AvgIpc) is 2.95. The fraction of sp³-hybridized carbons (Fsp3) is 0.419. The number of carbonyl (C=O) groups is 6. The van der Waals surface area contributed by atoms with Gasteiger partial charge in [0.25, 0.3) is 0 Å². The summed E-state index contributed by atoms with van der Waals surface area (Å²) in [5, 5.41) is 25.7. The second-order valence-electron chi connectivity index (χ2n) is 12.1. The number of aliphatic hydroxyl groups is 1. The molecule has 13 nitrogen and oxygen atoms in total. The summed E-state index contributed by atoms with van der Waals surface area (Å²) in [5.74, 6) is -11.0. The first-order chi connectivity index (χ1) is 21.1. The van der Waals surface area contributed by atoms with Crippen LogP contribution in [0.3, 0.4) is 0 Å². The van der Waals surface area contributed by atoms with Crippen molar-refractivity contribution in [3.05, 3.63) is 51.5 Å². The summed E-state index contributed by atoms with van der Waals surface area (Å²) >= 11 is 3.30. The normalized spacial score (nSPS) is 27.4. The van der Waals surface area contributed by atoms with Crippen molar-refractivity contribution >= 4 is 56.8 Å². The number of nitrogens with zero attached hydrogens (tertiary/aromatic N) is 2. The van der Waals surface area contributed by atoms with E-state index >= 15 is 0 Å². The number of rotatable bonds is 6. The third-order valence-electron chi connectivity index (χ3n) is 9.05. The average molecular weight is 686 g/mol. The van der Waals surface area contributed by atoms with E-state index in [0.717, 1.165) is 4.47 Å². The van der Waals surface area contributed by atoms with Crippen LogP contribution in [-0.2, 0) is 32.1 Å². The summed E-state index contributed by atoms with van der Waals surface area (Å²) in [4.78, 5) is 82.8. The number of halogens is 1. The number of ketones is 4. The SMILES string of the molecule is CN(C)c1cc(CNC(=O)Oc2ccc(Br)cc2)c(O)c2c1C[C@@H]1C[C@@H]3[C@@H](N(C)C)C(=O)C(C(N)=O)C(=O)[C@]3(O)C(=O)C1C2=O. The number of nitrogens with two attached hydrogens (primary N) is 1. The molecule has 238 valence electrons. The number of carbonyl (C=O) groups excluding carboxylic acids is 6. The van der Waals surface area contributed by atoms with Crippen molar-refractivity contribution in [3.8, 4) is 11.5 Å². The van der Waals surface area contributed by atoms with Gasteiger partial charge < -0.3 is 30.9 Å². The Kier molecular flexibility index (Phi) is 8.36. The van der Waals surface area contributed by atoms with E-state index in [0.29, 0.717) is 11.3 Å². The maximum atomic E-state index is 14.1. The zero-order valence-electron chi connectivity index (χ0n) is 25.0. The Morgan fingerprint density at radius 2 is 1.73 bits per heavy atom. The van der Waals surface area contributed by atoms with Crippen molar-refractivity contribution in [2.75, 3.05) is 33.1 Å². The molecule has 2 aromatic rings. The number of phenolic OH excluding ortho intramolecular Hbond substituents is 1. The van der Waals surface area contributed by atoms with Crippen LogP contribution in [0.2, 0.25) is 0 Å². The van der Waals surface area contributed by atoms with Gasteiger partial charge in [-0.15, -0.1) is 0 Å². The Balaban J connectivity index is 1.51. The lowest BCUT2D eigenvalue weighted by molar-refractivity contribution is -0.181. The number of anilines is 1. The van der Waals surface area contributed by atoms with Crippen LogP contribution in [0.1, 0.15) is 27.9 Å². The van der Waals surface area contributed by atoms with Crippen LogP contribution >= 0.6 is 15.9 Å². The lowest BCUT2D eigenvalue weighted by atomic mass is 9.52. The molecule has 0 radical (unpaired) electrons. The van der Waals surface area contributed by atoms with E-state index in [9.17, 15) is 39.0 Å². The third-order valence-corrected chi connectivity index (χ3v) is 9.57. The van der Waals surface area contributed by atoms with Gasteiger partial charge in [0.05, 0.1) is 17.5 Å². The molecule has 2 unspecified atom stereocenters. The van der Waals surface area contributed by atoms with E-state index in [1.807, 2.05) is 0 Å². The van der Waals surface area contributed by atoms with Gasteiger partial charge in [-0.05, 0) is 68.8 Å². The molecule has 45 heavy (non-hydrogen) atoms. The maximum Gasteiger partial charge on any atom is 0.412 e. The Bertz CT molecular complexity index is 1640. The van der Waals surface area contributed by atoms with Gasteiger partial charge in [0.2, 0.25) is 5.91 Å². The van der Waals surface area contributed by atoms with Gasteiger partial charge in [0.1, 0.15) is 11.5 Å². The van der Waals surface area contributed by atoms with Crippen molar-refractivity contribution in [2.24, 2.45) is 29.4 Å². The Hall–Kier alpha value is -4.14. The van der Waals surface area contributed by atoms with Crippen LogP contribution in [0.5, 0.6) is 11.5 Å². The lowest BCUT2D eigenvalue weighted by Crippen LogP contribution is -2.74. The lowest BCUT2D eigenvalue weighted by Gasteiger charge is -2.52.